The highest BCUT2D eigenvalue weighted by molar-refractivity contribution is 7.90. The van der Waals surface area contributed by atoms with E-state index in [-0.39, 0.29) is 35.0 Å². The first kappa shape index (κ1) is 16.4. The Morgan fingerprint density at radius 1 is 1.45 bits per heavy atom. The fraction of sp³-hybridized carbons (Fsp3) is 0.364. The Morgan fingerprint density at radius 3 is 2.65 bits per heavy atom. The van der Waals surface area contributed by atoms with Gasteiger partial charge in [-0.05, 0) is 12.5 Å². The van der Waals surface area contributed by atoms with Crippen LogP contribution in [-0.4, -0.2) is 37.8 Å². The van der Waals surface area contributed by atoms with Crippen molar-refractivity contribution in [2.24, 2.45) is 0 Å². The first-order chi connectivity index (χ1) is 9.22. The van der Waals surface area contributed by atoms with Gasteiger partial charge in [0.25, 0.3) is 11.6 Å². The highest BCUT2D eigenvalue weighted by atomic mass is 35.5. The molecule has 0 aromatic heterocycles. The van der Waals surface area contributed by atoms with Crippen molar-refractivity contribution >= 4 is 33.0 Å². The molecule has 1 aromatic carbocycles. The molecule has 1 rings (SSSR count). The molecule has 0 unspecified atom stereocenters. The number of hydrogen-bond acceptors (Lipinski definition) is 5. The van der Waals surface area contributed by atoms with E-state index in [1.807, 2.05) is 0 Å². The van der Waals surface area contributed by atoms with E-state index in [9.17, 15) is 23.3 Å². The highest BCUT2D eigenvalue weighted by Crippen LogP contribution is 2.27. The minimum absolute atomic E-state index is 0.0137. The van der Waals surface area contributed by atoms with Gasteiger partial charge in [-0.2, -0.15) is 0 Å². The first-order valence-electron chi connectivity index (χ1n) is 5.61. The van der Waals surface area contributed by atoms with Crippen molar-refractivity contribution in [2.45, 2.75) is 6.42 Å². The third-order valence-corrected chi connectivity index (χ3v) is 3.82. The molecule has 0 spiro atoms. The van der Waals surface area contributed by atoms with Crippen LogP contribution in [0.25, 0.3) is 0 Å². The molecule has 0 saturated carbocycles. The molecule has 0 aliphatic heterocycles. The maximum atomic E-state index is 11.8. The Hall–Kier alpha value is -1.67. The van der Waals surface area contributed by atoms with Gasteiger partial charge in [0.2, 0.25) is 0 Å². The number of amides is 1. The van der Waals surface area contributed by atoms with E-state index in [2.05, 4.69) is 5.32 Å². The summed E-state index contributed by atoms with van der Waals surface area (Å²) in [7, 11) is -3.08. The summed E-state index contributed by atoms with van der Waals surface area (Å²) in [6, 6.07) is 3.92. The summed E-state index contributed by atoms with van der Waals surface area (Å²) in [5.41, 5.74) is -0.365. The lowest BCUT2D eigenvalue weighted by Gasteiger charge is -2.06. The number of sulfone groups is 1. The third kappa shape index (κ3) is 4.78. The van der Waals surface area contributed by atoms with Crippen molar-refractivity contribution in [1.82, 2.24) is 5.32 Å². The van der Waals surface area contributed by atoms with Crippen LogP contribution in [0.15, 0.2) is 18.2 Å². The normalized spacial score (nSPS) is 11.1. The molecule has 0 atom stereocenters. The molecule has 1 aromatic rings. The van der Waals surface area contributed by atoms with E-state index < -0.39 is 20.7 Å². The lowest BCUT2D eigenvalue weighted by molar-refractivity contribution is -0.384. The second-order valence-electron chi connectivity index (χ2n) is 4.14. The van der Waals surface area contributed by atoms with Crippen molar-refractivity contribution in [2.75, 3.05) is 18.6 Å². The Balaban J connectivity index is 2.69. The van der Waals surface area contributed by atoms with Crippen LogP contribution in [0.3, 0.4) is 0 Å². The monoisotopic (exact) mass is 320 g/mol. The number of nitrogens with one attached hydrogen (secondary N) is 1. The van der Waals surface area contributed by atoms with Crippen molar-refractivity contribution in [1.29, 1.82) is 0 Å². The fourth-order valence-corrected chi connectivity index (χ4v) is 2.42. The minimum atomic E-state index is -3.08. The Bertz CT molecular complexity index is 630. The number of rotatable bonds is 6. The molecule has 7 nitrogen and oxygen atoms in total. The van der Waals surface area contributed by atoms with Gasteiger partial charge in [0.15, 0.2) is 0 Å². The molecule has 0 fully saturated rings. The molecule has 20 heavy (non-hydrogen) atoms. The molecule has 1 amide bonds. The van der Waals surface area contributed by atoms with E-state index in [1.165, 1.54) is 18.2 Å². The summed E-state index contributed by atoms with van der Waals surface area (Å²) in [6.07, 6.45) is 1.36. The summed E-state index contributed by atoms with van der Waals surface area (Å²) in [4.78, 5) is 21.8. The molecule has 0 aliphatic rings. The molecule has 110 valence electrons. The summed E-state index contributed by atoms with van der Waals surface area (Å²) < 4.78 is 21.8. The van der Waals surface area contributed by atoms with Crippen LogP contribution in [0.2, 0.25) is 5.02 Å². The SMILES string of the molecule is CS(=O)(=O)CCCNC(=O)c1cccc([N+](=O)[O-])c1Cl. The smallest absolute Gasteiger partial charge is 0.288 e. The van der Waals surface area contributed by atoms with Crippen molar-refractivity contribution in [3.05, 3.63) is 38.9 Å². The topological polar surface area (TPSA) is 106 Å². The van der Waals surface area contributed by atoms with E-state index in [0.717, 1.165) is 6.26 Å². The van der Waals surface area contributed by atoms with Crippen LogP contribution in [0, 0.1) is 10.1 Å². The first-order valence-corrected chi connectivity index (χ1v) is 8.05. The van der Waals surface area contributed by atoms with Crippen LogP contribution in [0.4, 0.5) is 5.69 Å². The summed E-state index contributed by atoms with van der Waals surface area (Å²) in [5.74, 6) is -0.622. The second kappa shape index (κ2) is 6.67. The van der Waals surface area contributed by atoms with Crippen LogP contribution in [0.1, 0.15) is 16.8 Å². The van der Waals surface area contributed by atoms with Gasteiger partial charge in [-0.15, -0.1) is 0 Å². The Kier molecular flexibility index (Phi) is 5.46. The van der Waals surface area contributed by atoms with Gasteiger partial charge in [0, 0.05) is 18.9 Å². The summed E-state index contributed by atoms with van der Waals surface area (Å²) in [6.45, 7) is 0.144. The van der Waals surface area contributed by atoms with Crippen molar-refractivity contribution in [3.63, 3.8) is 0 Å². The molecular formula is C11H13ClN2O5S. The van der Waals surface area contributed by atoms with E-state index in [1.54, 1.807) is 0 Å². The number of nitrogens with zero attached hydrogens (tertiary/aromatic N) is 1. The second-order valence-corrected chi connectivity index (χ2v) is 6.77. The largest absolute Gasteiger partial charge is 0.352 e. The van der Waals surface area contributed by atoms with Gasteiger partial charge in [-0.1, -0.05) is 17.7 Å². The van der Waals surface area contributed by atoms with Crippen LogP contribution >= 0.6 is 11.6 Å². The Labute approximate surface area is 121 Å². The van der Waals surface area contributed by atoms with Gasteiger partial charge < -0.3 is 5.32 Å². The van der Waals surface area contributed by atoms with E-state index in [0.29, 0.717) is 0 Å². The molecule has 0 heterocycles. The lowest BCUT2D eigenvalue weighted by atomic mass is 10.2. The van der Waals surface area contributed by atoms with Gasteiger partial charge in [-0.25, -0.2) is 8.42 Å². The zero-order valence-electron chi connectivity index (χ0n) is 10.6. The maximum Gasteiger partial charge on any atom is 0.288 e. The minimum Gasteiger partial charge on any atom is -0.352 e. The van der Waals surface area contributed by atoms with Crippen LogP contribution in [-0.2, 0) is 9.84 Å². The molecule has 1 N–H and O–H groups in total. The number of carbonyl (C=O) groups excluding carboxylic acids is 1. The number of halogens is 1. The van der Waals surface area contributed by atoms with Crippen molar-refractivity contribution in [3.8, 4) is 0 Å². The van der Waals surface area contributed by atoms with Crippen LogP contribution in [0.5, 0.6) is 0 Å². The molecule has 9 heteroatoms. The number of hydrogen-bond donors (Lipinski definition) is 1. The molecule has 0 radical (unpaired) electrons. The van der Waals surface area contributed by atoms with Gasteiger partial charge in [0.05, 0.1) is 16.2 Å². The average Bonchev–Trinajstić information content (AvgIpc) is 2.33. The Morgan fingerprint density at radius 2 is 2.10 bits per heavy atom. The zero-order valence-corrected chi connectivity index (χ0v) is 12.2. The van der Waals surface area contributed by atoms with Crippen LogP contribution < -0.4 is 5.32 Å². The van der Waals surface area contributed by atoms with E-state index in [4.69, 9.17) is 11.6 Å². The number of carbonyl (C=O) groups is 1. The van der Waals surface area contributed by atoms with Gasteiger partial charge in [0.1, 0.15) is 14.9 Å². The highest BCUT2D eigenvalue weighted by Gasteiger charge is 2.19. The fourth-order valence-electron chi connectivity index (χ4n) is 1.47. The standard InChI is InChI=1S/C11H13ClN2O5S/c1-20(18,19)7-3-6-13-11(15)8-4-2-5-9(10(8)12)14(16)17/h2,4-5H,3,6-7H2,1H3,(H,13,15). The van der Waals surface area contributed by atoms with Gasteiger partial charge in [-0.3, -0.25) is 14.9 Å². The molecule has 0 saturated heterocycles. The molecular weight excluding hydrogens is 308 g/mol. The van der Waals surface area contributed by atoms with Gasteiger partial charge >= 0.3 is 0 Å². The molecule has 0 bridgehead atoms. The third-order valence-electron chi connectivity index (χ3n) is 2.40. The van der Waals surface area contributed by atoms with E-state index >= 15 is 0 Å². The molecule has 0 aliphatic carbocycles. The zero-order chi connectivity index (χ0) is 15.3. The quantitative estimate of drug-likeness (QED) is 0.484. The lowest BCUT2D eigenvalue weighted by Crippen LogP contribution is -2.26. The number of benzene rings is 1. The predicted molar refractivity (Wildman–Crippen MR) is 74.8 cm³/mol. The number of nitro groups is 1. The average molecular weight is 321 g/mol. The summed E-state index contributed by atoms with van der Waals surface area (Å²) in [5, 5.41) is 12.9. The van der Waals surface area contributed by atoms with Crippen molar-refractivity contribution < 1.29 is 18.1 Å². The predicted octanol–water partition coefficient (Wildman–Crippen LogP) is 1.41. The number of nitro benzene ring substituents is 1. The maximum absolute atomic E-state index is 11.8. The summed E-state index contributed by atoms with van der Waals surface area (Å²) >= 11 is 5.79.